The highest BCUT2D eigenvalue weighted by molar-refractivity contribution is 6.42. The molecular weight excluding hydrogens is 397 g/mol. The fraction of sp³-hybridized carbons (Fsp3) is 0.0909. The number of hydrogen-bond donors (Lipinski definition) is 1. The Labute approximate surface area is 171 Å². The summed E-state index contributed by atoms with van der Waals surface area (Å²) in [6.07, 6.45) is 0.821. The second-order valence-corrected chi connectivity index (χ2v) is 7.17. The minimum absolute atomic E-state index is 0.197. The zero-order valence-electron chi connectivity index (χ0n) is 14.9. The van der Waals surface area contributed by atoms with Crippen molar-refractivity contribution in [3.63, 3.8) is 0 Å². The lowest BCUT2D eigenvalue weighted by atomic mass is 10.0. The van der Waals surface area contributed by atoms with Crippen molar-refractivity contribution in [2.75, 3.05) is 0 Å². The van der Waals surface area contributed by atoms with Crippen molar-refractivity contribution >= 4 is 40.1 Å². The van der Waals surface area contributed by atoms with Crippen molar-refractivity contribution in [2.24, 2.45) is 0 Å². The number of carboxylic acid groups (broad SMARTS) is 1. The number of aromatic carboxylic acids is 1. The van der Waals surface area contributed by atoms with E-state index in [2.05, 4.69) is 4.98 Å². The van der Waals surface area contributed by atoms with Crippen LogP contribution >= 0.6 is 23.2 Å². The van der Waals surface area contributed by atoms with Gasteiger partial charge in [-0.15, -0.1) is 0 Å². The first-order chi connectivity index (χ1) is 13.5. The van der Waals surface area contributed by atoms with Crippen LogP contribution in [0.15, 0.2) is 59.0 Å². The monoisotopic (exact) mass is 411 g/mol. The molecule has 28 heavy (non-hydrogen) atoms. The number of nitrogens with zero attached hydrogens (tertiary/aromatic N) is 1. The average Bonchev–Trinajstić information content (AvgIpc) is 3.19. The number of hydrogen-bond acceptors (Lipinski definition) is 3. The van der Waals surface area contributed by atoms with Crippen LogP contribution in [0.1, 0.15) is 22.8 Å². The van der Waals surface area contributed by atoms with Crippen molar-refractivity contribution in [1.29, 1.82) is 0 Å². The summed E-state index contributed by atoms with van der Waals surface area (Å²) in [4.78, 5) is 16.4. The number of aryl methyl sites for hydroxylation is 1. The average molecular weight is 412 g/mol. The lowest BCUT2D eigenvalue weighted by Gasteiger charge is -2.07. The molecule has 0 aliphatic heterocycles. The number of rotatable bonds is 4. The molecule has 6 heteroatoms. The third-order valence-corrected chi connectivity index (χ3v) is 5.31. The lowest BCUT2D eigenvalue weighted by Crippen LogP contribution is -2.00. The number of halogens is 2. The van der Waals surface area contributed by atoms with Gasteiger partial charge < -0.3 is 9.52 Å². The van der Waals surface area contributed by atoms with E-state index in [1.807, 2.05) is 25.1 Å². The molecule has 0 aliphatic rings. The first kappa shape index (κ1) is 18.5. The Kier molecular flexibility index (Phi) is 4.84. The van der Waals surface area contributed by atoms with Gasteiger partial charge in [0.25, 0.3) is 0 Å². The standard InChI is InChI=1S/C22H15Cl2NO3/c1-2-12-3-6-18-14(9-12)15(22(26)27)11-19(25-18)21-8-7-20(28-21)13-4-5-16(23)17(24)10-13/h3-11H,2H2,1H3,(H,26,27). The zero-order valence-corrected chi connectivity index (χ0v) is 16.4. The fourth-order valence-electron chi connectivity index (χ4n) is 3.08. The molecule has 0 aliphatic carbocycles. The molecule has 2 aromatic heterocycles. The van der Waals surface area contributed by atoms with Crippen molar-refractivity contribution in [1.82, 2.24) is 4.98 Å². The zero-order chi connectivity index (χ0) is 19.8. The molecule has 1 N–H and O–H groups in total. The maximum absolute atomic E-state index is 11.8. The van der Waals surface area contributed by atoms with E-state index in [1.165, 1.54) is 0 Å². The van der Waals surface area contributed by atoms with Gasteiger partial charge in [-0.25, -0.2) is 9.78 Å². The molecule has 140 valence electrons. The van der Waals surface area contributed by atoms with E-state index in [0.717, 1.165) is 17.5 Å². The van der Waals surface area contributed by atoms with Crippen LogP contribution in [0.4, 0.5) is 0 Å². The molecule has 0 bridgehead atoms. The Morgan fingerprint density at radius 2 is 1.79 bits per heavy atom. The summed E-state index contributed by atoms with van der Waals surface area (Å²) in [5, 5.41) is 11.2. The van der Waals surface area contributed by atoms with Gasteiger partial charge in [0.05, 0.1) is 21.1 Å². The van der Waals surface area contributed by atoms with E-state index in [0.29, 0.717) is 38.2 Å². The predicted octanol–water partition coefficient (Wildman–Crippen LogP) is 6.73. The van der Waals surface area contributed by atoms with Crippen LogP contribution in [0.3, 0.4) is 0 Å². The van der Waals surface area contributed by atoms with E-state index in [4.69, 9.17) is 27.6 Å². The van der Waals surface area contributed by atoms with Gasteiger partial charge >= 0.3 is 5.97 Å². The maximum Gasteiger partial charge on any atom is 0.336 e. The molecule has 4 nitrogen and oxygen atoms in total. The quantitative estimate of drug-likeness (QED) is 0.404. The van der Waals surface area contributed by atoms with Crippen LogP contribution in [0, 0.1) is 0 Å². The summed E-state index contributed by atoms with van der Waals surface area (Å²) in [5.74, 6) is 0.0666. The molecular formula is C22H15Cl2NO3. The number of benzene rings is 2. The van der Waals surface area contributed by atoms with E-state index < -0.39 is 5.97 Å². The van der Waals surface area contributed by atoms with Crippen molar-refractivity contribution in [3.8, 4) is 22.8 Å². The highest BCUT2D eigenvalue weighted by Gasteiger charge is 2.16. The summed E-state index contributed by atoms with van der Waals surface area (Å²) < 4.78 is 5.92. The number of furan rings is 1. The fourth-order valence-corrected chi connectivity index (χ4v) is 3.37. The summed E-state index contributed by atoms with van der Waals surface area (Å²) in [5.41, 5.74) is 3.10. The van der Waals surface area contributed by atoms with Gasteiger partial charge in [0, 0.05) is 10.9 Å². The maximum atomic E-state index is 11.8. The topological polar surface area (TPSA) is 63.3 Å². The second kappa shape index (κ2) is 7.30. The Hall–Kier alpha value is -2.82. The largest absolute Gasteiger partial charge is 0.478 e. The third-order valence-electron chi connectivity index (χ3n) is 4.57. The molecule has 0 atom stereocenters. The molecule has 0 unspecified atom stereocenters. The molecule has 2 aromatic carbocycles. The van der Waals surface area contributed by atoms with Gasteiger partial charge in [-0.2, -0.15) is 0 Å². The van der Waals surface area contributed by atoms with Crippen LogP contribution < -0.4 is 0 Å². The highest BCUT2D eigenvalue weighted by atomic mass is 35.5. The Bertz CT molecular complexity index is 1210. The predicted molar refractivity (Wildman–Crippen MR) is 111 cm³/mol. The van der Waals surface area contributed by atoms with Crippen LogP contribution in [0.25, 0.3) is 33.7 Å². The second-order valence-electron chi connectivity index (χ2n) is 6.36. The Balaban J connectivity index is 1.82. The van der Waals surface area contributed by atoms with Crippen LogP contribution in [0.5, 0.6) is 0 Å². The summed E-state index contributed by atoms with van der Waals surface area (Å²) in [7, 11) is 0. The Morgan fingerprint density at radius 3 is 2.50 bits per heavy atom. The molecule has 4 aromatic rings. The SMILES string of the molecule is CCc1ccc2nc(-c3ccc(-c4ccc(Cl)c(Cl)c4)o3)cc(C(=O)O)c2c1. The smallest absolute Gasteiger partial charge is 0.336 e. The Morgan fingerprint density at radius 1 is 1.00 bits per heavy atom. The first-order valence-corrected chi connectivity index (χ1v) is 9.44. The normalized spacial score (nSPS) is 11.1. The van der Waals surface area contributed by atoms with E-state index in [1.54, 1.807) is 36.4 Å². The minimum atomic E-state index is -1.00. The number of carboxylic acids is 1. The van der Waals surface area contributed by atoms with Crippen LogP contribution in [0.2, 0.25) is 10.0 Å². The van der Waals surface area contributed by atoms with Crippen LogP contribution in [-0.2, 0) is 6.42 Å². The van der Waals surface area contributed by atoms with Gasteiger partial charge in [0.2, 0.25) is 0 Å². The van der Waals surface area contributed by atoms with E-state index >= 15 is 0 Å². The summed E-state index contributed by atoms with van der Waals surface area (Å²) in [6, 6.07) is 16.0. The summed E-state index contributed by atoms with van der Waals surface area (Å²) in [6.45, 7) is 2.02. The number of carbonyl (C=O) groups is 1. The highest BCUT2D eigenvalue weighted by Crippen LogP contribution is 2.33. The van der Waals surface area contributed by atoms with E-state index in [-0.39, 0.29) is 5.56 Å². The van der Waals surface area contributed by atoms with Crippen LogP contribution in [-0.4, -0.2) is 16.1 Å². The minimum Gasteiger partial charge on any atom is -0.478 e. The molecule has 0 spiro atoms. The molecule has 4 rings (SSSR count). The molecule has 0 saturated heterocycles. The molecule has 0 radical (unpaired) electrons. The van der Waals surface area contributed by atoms with Crippen molar-refractivity contribution < 1.29 is 14.3 Å². The molecule has 0 fully saturated rings. The number of pyridine rings is 1. The van der Waals surface area contributed by atoms with Crippen molar-refractivity contribution in [3.05, 3.63) is 75.8 Å². The number of aromatic nitrogens is 1. The molecule has 2 heterocycles. The van der Waals surface area contributed by atoms with Gasteiger partial charge in [0.15, 0.2) is 5.76 Å². The molecule has 0 saturated carbocycles. The van der Waals surface area contributed by atoms with Gasteiger partial charge in [-0.3, -0.25) is 0 Å². The first-order valence-electron chi connectivity index (χ1n) is 8.69. The third kappa shape index (κ3) is 3.37. The number of fused-ring (bicyclic) bond motifs is 1. The van der Waals surface area contributed by atoms with Gasteiger partial charge in [-0.1, -0.05) is 36.2 Å². The van der Waals surface area contributed by atoms with Crippen molar-refractivity contribution in [2.45, 2.75) is 13.3 Å². The molecule has 0 amide bonds. The van der Waals surface area contributed by atoms with Gasteiger partial charge in [0.1, 0.15) is 11.5 Å². The van der Waals surface area contributed by atoms with Gasteiger partial charge in [-0.05, 0) is 60.5 Å². The lowest BCUT2D eigenvalue weighted by molar-refractivity contribution is 0.0699. The summed E-state index contributed by atoms with van der Waals surface area (Å²) >= 11 is 12.0. The van der Waals surface area contributed by atoms with E-state index in [9.17, 15) is 9.90 Å².